The van der Waals surface area contributed by atoms with E-state index in [-0.39, 0.29) is 17.2 Å². The minimum Gasteiger partial charge on any atom is -0.274 e. The van der Waals surface area contributed by atoms with Crippen LogP contribution in [0, 0.1) is 0 Å². The van der Waals surface area contributed by atoms with Crippen LogP contribution in [0.2, 0.25) is 0 Å². The van der Waals surface area contributed by atoms with Gasteiger partial charge in [-0.15, -0.1) is 34.0 Å². The SMILES string of the molecule is CCCCN1C(=O)c2c(CC)sc(-c3cc4c(s3)-c3sc(C(C)C)cc3C4(CCCC)CCCC)c2C1=O. The van der Waals surface area contributed by atoms with Gasteiger partial charge in [0.1, 0.15) is 0 Å². The van der Waals surface area contributed by atoms with E-state index >= 15 is 0 Å². The van der Waals surface area contributed by atoms with Gasteiger partial charge in [-0.3, -0.25) is 14.5 Å². The molecule has 0 fully saturated rings. The summed E-state index contributed by atoms with van der Waals surface area (Å²) in [6, 6.07) is 4.94. The number of unbranched alkanes of at least 4 members (excludes halogenated alkanes) is 3. The molecule has 0 N–H and O–H groups in total. The van der Waals surface area contributed by atoms with Crippen LogP contribution in [0.4, 0.5) is 0 Å². The van der Waals surface area contributed by atoms with E-state index in [9.17, 15) is 9.59 Å². The standard InChI is InChI=1S/C32H41NO2S3/c1-7-11-14-32(15-12-8-2)20-17-23(19(5)6)37-27(20)28-21(32)18-24(38-28)29-26-25(22(10-4)36-29)30(34)33(31(26)35)16-13-9-3/h17-19H,7-16H2,1-6H3. The first kappa shape index (κ1) is 27.8. The van der Waals surface area contributed by atoms with Gasteiger partial charge in [-0.2, -0.15) is 0 Å². The molecule has 0 unspecified atom stereocenters. The molecule has 3 aromatic rings. The smallest absolute Gasteiger partial charge is 0.263 e. The van der Waals surface area contributed by atoms with E-state index in [1.54, 1.807) is 16.9 Å². The van der Waals surface area contributed by atoms with Gasteiger partial charge in [-0.25, -0.2) is 0 Å². The number of aryl methyl sites for hydroxylation is 1. The van der Waals surface area contributed by atoms with Crippen LogP contribution in [0.5, 0.6) is 0 Å². The summed E-state index contributed by atoms with van der Waals surface area (Å²) in [4.78, 5) is 36.1. The third kappa shape index (κ3) is 4.26. The van der Waals surface area contributed by atoms with Gasteiger partial charge in [0, 0.05) is 36.3 Å². The fraction of sp³-hybridized carbons (Fsp3) is 0.562. The van der Waals surface area contributed by atoms with E-state index in [0.717, 1.165) is 29.0 Å². The fourth-order valence-electron chi connectivity index (χ4n) is 6.22. The van der Waals surface area contributed by atoms with Crippen LogP contribution in [0.15, 0.2) is 12.1 Å². The second kappa shape index (κ2) is 11.0. The predicted molar refractivity (Wildman–Crippen MR) is 165 cm³/mol. The molecule has 1 aliphatic carbocycles. The molecular weight excluding hydrogens is 527 g/mol. The second-order valence-corrected chi connectivity index (χ2v) is 14.5. The number of rotatable bonds is 12. The van der Waals surface area contributed by atoms with E-state index < -0.39 is 0 Å². The van der Waals surface area contributed by atoms with Crippen molar-refractivity contribution in [2.75, 3.05) is 6.54 Å². The maximum absolute atomic E-state index is 13.6. The Morgan fingerprint density at radius 2 is 1.37 bits per heavy atom. The van der Waals surface area contributed by atoms with Crippen molar-refractivity contribution in [2.24, 2.45) is 0 Å². The van der Waals surface area contributed by atoms with Crippen LogP contribution in [-0.4, -0.2) is 23.3 Å². The van der Waals surface area contributed by atoms with Gasteiger partial charge in [0.25, 0.3) is 11.8 Å². The minimum atomic E-state index is -0.0832. The Morgan fingerprint density at radius 1 is 0.763 bits per heavy atom. The molecule has 204 valence electrons. The summed E-state index contributed by atoms with van der Waals surface area (Å²) in [6.45, 7) is 13.9. The van der Waals surface area contributed by atoms with Crippen molar-refractivity contribution in [1.29, 1.82) is 0 Å². The normalized spacial score (nSPS) is 15.6. The Balaban J connectivity index is 1.67. The molecule has 1 aliphatic heterocycles. The quantitative estimate of drug-likeness (QED) is 0.204. The highest BCUT2D eigenvalue weighted by Crippen LogP contribution is 2.61. The zero-order valence-electron chi connectivity index (χ0n) is 23.8. The van der Waals surface area contributed by atoms with Crippen LogP contribution in [-0.2, 0) is 11.8 Å². The van der Waals surface area contributed by atoms with Gasteiger partial charge >= 0.3 is 0 Å². The van der Waals surface area contributed by atoms with Crippen LogP contribution >= 0.6 is 34.0 Å². The number of amides is 2. The molecular formula is C32H41NO2S3. The van der Waals surface area contributed by atoms with Crippen LogP contribution in [0.25, 0.3) is 19.5 Å². The molecule has 3 aromatic heterocycles. The van der Waals surface area contributed by atoms with Crippen LogP contribution in [0.3, 0.4) is 0 Å². The van der Waals surface area contributed by atoms with E-state index in [1.165, 1.54) is 68.5 Å². The first-order valence-corrected chi connectivity index (χ1v) is 17.1. The molecule has 2 amide bonds. The molecule has 0 saturated heterocycles. The van der Waals surface area contributed by atoms with Gasteiger partial charge in [0.2, 0.25) is 0 Å². The summed E-state index contributed by atoms with van der Waals surface area (Å²) < 4.78 is 0. The lowest BCUT2D eigenvalue weighted by atomic mass is 9.71. The maximum atomic E-state index is 13.6. The highest BCUT2D eigenvalue weighted by atomic mass is 32.1. The lowest BCUT2D eigenvalue weighted by Crippen LogP contribution is -2.31. The van der Waals surface area contributed by atoms with Gasteiger partial charge in [-0.1, -0.05) is 73.6 Å². The summed E-state index contributed by atoms with van der Waals surface area (Å²) >= 11 is 5.52. The molecule has 6 heteroatoms. The lowest BCUT2D eigenvalue weighted by molar-refractivity contribution is 0.0652. The molecule has 0 saturated carbocycles. The van der Waals surface area contributed by atoms with Crippen LogP contribution < -0.4 is 0 Å². The van der Waals surface area contributed by atoms with Crippen LogP contribution in [0.1, 0.15) is 140 Å². The fourth-order valence-corrected chi connectivity index (χ4v) is 10.2. The van der Waals surface area contributed by atoms with E-state index in [1.807, 2.05) is 22.7 Å². The Bertz CT molecular complexity index is 1350. The molecule has 5 rings (SSSR count). The van der Waals surface area contributed by atoms with Gasteiger partial charge in [-0.05, 0) is 54.9 Å². The number of fused-ring (bicyclic) bond motifs is 4. The summed E-state index contributed by atoms with van der Waals surface area (Å²) in [7, 11) is 0. The third-order valence-corrected chi connectivity index (χ3v) is 12.6. The predicted octanol–water partition coefficient (Wildman–Crippen LogP) is 10.3. The third-order valence-electron chi connectivity index (χ3n) is 8.38. The summed E-state index contributed by atoms with van der Waals surface area (Å²) in [5.74, 6) is 0.360. The monoisotopic (exact) mass is 567 g/mol. The Labute approximate surface area is 240 Å². The van der Waals surface area contributed by atoms with E-state index in [4.69, 9.17) is 0 Å². The summed E-state index contributed by atoms with van der Waals surface area (Å²) in [6.07, 6.45) is 9.78. The number of carbonyl (C=O) groups is 2. The molecule has 4 heterocycles. The van der Waals surface area contributed by atoms with Crippen molar-refractivity contribution in [3.8, 4) is 19.5 Å². The topological polar surface area (TPSA) is 37.4 Å². The zero-order chi connectivity index (χ0) is 27.2. The Kier molecular flexibility index (Phi) is 8.06. The number of carbonyl (C=O) groups excluding carboxylic acids is 2. The summed E-state index contributed by atoms with van der Waals surface area (Å²) in [5, 5.41) is 0. The van der Waals surface area contributed by atoms with Crippen molar-refractivity contribution in [2.45, 2.75) is 111 Å². The van der Waals surface area contributed by atoms with Gasteiger partial charge in [0.15, 0.2) is 0 Å². The number of thiophene rings is 3. The van der Waals surface area contributed by atoms with Crippen molar-refractivity contribution < 1.29 is 9.59 Å². The summed E-state index contributed by atoms with van der Waals surface area (Å²) in [5.41, 5.74) is 4.47. The molecule has 3 nitrogen and oxygen atoms in total. The highest BCUT2D eigenvalue weighted by Gasteiger charge is 2.47. The van der Waals surface area contributed by atoms with Crippen molar-refractivity contribution >= 4 is 45.8 Å². The second-order valence-electron chi connectivity index (χ2n) is 11.3. The first-order chi connectivity index (χ1) is 18.3. The molecule has 2 aliphatic rings. The number of nitrogens with zero attached hydrogens (tertiary/aromatic N) is 1. The van der Waals surface area contributed by atoms with Gasteiger partial charge in [0.05, 0.1) is 16.0 Å². The molecule has 0 bridgehead atoms. The molecule has 38 heavy (non-hydrogen) atoms. The average molecular weight is 568 g/mol. The highest BCUT2D eigenvalue weighted by molar-refractivity contribution is 7.27. The zero-order valence-corrected chi connectivity index (χ0v) is 26.2. The first-order valence-electron chi connectivity index (χ1n) is 14.6. The molecule has 0 aromatic carbocycles. The molecule has 0 spiro atoms. The van der Waals surface area contributed by atoms with Crippen molar-refractivity contribution in [1.82, 2.24) is 4.90 Å². The maximum Gasteiger partial charge on any atom is 0.263 e. The number of hydrogen-bond acceptors (Lipinski definition) is 5. The minimum absolute atomic E-state index is 0.0656. The number of imide groups is 1. The molecule has 0 atom stereocenters. The van der Waals surface area contributed by atoms with E-state index in [0.29, 0.717) is 23.6 Å². The average Bonchev–Trinajstić information content (AvgIpc) is 3.69. The van der Waals surface area contributed by atoms with E-state index in [2.05, 4.69) is 53.7 Å². The number of hydrogen-bond donors (Lipinski definition) is 0. The van der Waals surface area contributed by atoms with Crippen molar-refractivity contribution in [3.05, 3.63) is 44.1 Å². The van der Waals surface area contributed by atoms with Gasteiger partial charge < -0.3 is 0 Å². The lowest BCUT2D eigenvalue weighted by Gasteiger charge is -2.31. The molecule has 0 radical (unpaired) electrons. The van der Waals surface area contributed by atoms with Crippen molar-refractivity contribution in [3.63, 3.8) is 0 Å². The largest absolute Gasteiger partial charge is 0.274 e. The Hall–Kier alpha value is -1.76. The Morgan fingerprint density at radius 3 is 1.97 bits per heavy atom.